The van der Waals surface area contributed by atoms with E-state index in [4.69, 9.17) is 16.3 Å². The quantitative estimate of drug-likeness (QED) is 0.756. The largest absolute Gasteiger partial charge is 0.429 e. The number of hydrogen-bond acceptors (Lipinski definition) is 5. The van der Waals surface area contributed by atoms with E-state index in [1.165, 1.54) is 29.2 Å². The summed E-state index contributed by atoms with van der Waals surface area (Å²) in [5, 5.41) is 0.414. The van der Waals surface area contributed by atoms with E-state index >= 15 is 0 Å². The van der Waals surface area contributed by atoms with Crippen molar-refractivity contribution in [3.05, 3.63) is 29.3 Å². The van der Waals surface area contributed by atoms with E-state index in [-0.39, 0.29) is 23.5 Å². The summed E-state index contributed by atoms with van der Waals surface area (Å²) in [5.74, 6) is -0.128. The number of carbonyl (C=O) groups excluding carboxylic acids is 2. The SMILES string of the molecule is CCC1CC(=O)CC(OC(=O)N(C)CC)N1S(=O)(=O)c1ccc(Cl)cc1. The van der Waals surface area contributed by atoms with Crippen molar-refractivity contribution >= 4 is 33.5 Å². The summed E-state index contributed by atoms with van der Waals surface area (Å²) in [7, 11) is -2.42. The van der Waals surface area contributed by atoms with E-state index in [1.807, 2.05) is 0 Å². The highest BCUT2D eigenvalue weighted by Gasteiger charge is 2.44. The number of piperidine rings is 1. The van der Waals surface area contributed by atoms with Crippen molar-refractivity contribution in [2.45, 2.75) is 50.3 Å². The molecule has 0 spiro atoms. The molecule has 1 aliphatic rings. The van der Waals surface area contributed by atoms with Crippen molar-refractivity contribution < 1.29 is 22.7 Å². The number of amides is 1. The number of rotatable bonds is 5. The predicted octanol–water partition coefficient (Wildman–Crippen LogP) is 2.89. The van der Waals surface area contributed by atoms with Gasteiger partial charge in [-0.15, -0.1) is 0 Å². The Labute approximate surface area is 158 Å². The molecule has 1 fully saturated rings. The third-order valence-corrected chi connectivity index (χ3v) is 6.60. The van der Waals surface area contributed by atoms with E-state index in [1.54, 1.807) is 20.9 Å². The standard InChI is InChI=1S/C17H23ClN2O5S/c1-4-13-10-14(21)11-16(25-17(22)19(3)5-2)20(13)26(23,24)15-8-6-12(18)7-9-15/h6-9,13,16H,4-5,10-11H2,1-3H3. The Balaban J connectivity index is 2.41. The molecule has 1 aliphatic heterocycles. The highest BCUT2D eigenvalue weighted by atomic mass is 35.5. The maximum Gasteiger partial charge on any atom is 0.411 e. The number of halogens is 1. The Hall–Kier alpha value is -1.64. The molecule has 9 heteroatoms. The van der Waals surface area contributed by atoms with Crippen molar-refractivity contribution in [2.24, 2.45) is 0 Å². The maximum atomic E-state index is 13.2. The van der Waals surface area contributed by atoms with Gasteiger partial charge in [0.15, 0.2) is 6.23 Å². The highest BCUT2D eigenvalue weighted by Crippen LogP contribution is 2.31. The van der Waals surface area contributed by atoms with Gasteiger partial charge in [0.05, 0.1) is 11.3 Å². The number of benzene rings is 1. The van der Waals surface area contributed by atoms with Gasteiger partial charge in [-0.3, -0.25) is 4.79 Å². The lowest BCUT2D eigenvalue weighted by Gasteiger charge is -2.39. The fraction of sp³-hybridized carbons (Fsp3) is 0.529. The van der Waals surface area contributed by atoms with Crippen LogP contribution in [0.25, 0.3) is 0 Å². The van der Waals surface area contributed by atoms with Crippen LogP contribution in [0.4, 0.5) is 4.79 Å². The monoisotopic (exact) mass is 402 g/mol. The van der Waals surface area contributed by atoms with Crippen LogP contribution < -0.4 is 0 Å². The van der Waals surface area contributed by atoms with Crippen LogP contribution in [0.2, 0.25) is 5.02 Å². The van der Waals surface area contributed by atoms with Crippen LogP contribution in [0.3, 0.4) is 0 Å². The molecule has 0 aromatic heterocycles. The molecule has 2 unspecified atom stereocenters. The second kappa shape index (κ2) is 8.37. The van der Waals surface area contributed by atoms with Gasteiger partial charge in [-0.1, -0.05) is 18.5 Å². The fourth-order valence-corrected chi connectivity index (χ4v) is 4.68. The summed E-state index contributed by atoms with van der Waals surface area (Å²) in [6, 6.07) is 5.20. The zero-order chi connectivity index (χ0) is 19.5. The maximum absolute atomic E-state index is 13.2. The molecule has 1 aromatic rings. The van der Waals surface area contributed by atoms with Gasteiger partial charge in [-0.05, 0) is 37.6 Å². The minimum atomic E-state index is -3.96. The predicted molar refractivity (Wildman–Crippen MR) is 97.4 cm³/mol. The number of sulfonamides is 1. The van der Waals surface area contributed by atoms with E-state index in [2.05, 4.69) is 0 Å². The topological polar surface area (TPSA) is 84.0 Å². The highest BCUT2D eigenvalue weighted by molar-refractivity contribution is 7.89. The lowest BCUT2D eigenvalue weighted by molar-refractivity contribution is -0.129. The zero-order valence-corrected chi connectivity index (χ0v) is 16.6. The molecule has 1 saturated heterocycles. The number of carbonyl (C=O) groups is 2. The molecule has 1 amide bonds. The molecule has 0 radical (unpaired) electrons. The number of nitrogens with zero attached hydrogens (tertiary/aromatic N) is 2. The van der Waals surface area contributed by atoms with Crippen LogP contribution in [0, 0.1) is 0 Å². The van der Waals surface area contributed by atoms with Crippen LogP contribution in [0.15, 0.2) is 29.2 Å². The van der Waals surface area contributed by atoms with Gasteiger partial charge in [-0.25, -0.2) is 13.2 Å². The molecular formula is C17H23ClN2O5S. The van der Waals surface area contributed by atoms with E-state index < -0.39 is 28.4 Å². The molecule has 1 aromatic carbocycles. The molecule has 2 atom stereocenters. The van der Waals surface area contributed by atoms with Crippen molar-refractivity contribution in [3.63, 3.8) is 0 Å². The van der Waals surface area contributed by atoms with Crippen molar-refractivity contribution in [3.8, 4) is 0 Å². The van der Waals surface area contributed by atoms with Crippen molar-refractivity contribution in [1.29, 1.82) is 0 Å². The molecular weight excluding hydrogens is 380 g/mol. The number of Topliss-reactive ketones (excluding diaryl/α,β-unsaturated/α-hetero) is 1. The zero-order valence-electron chi connectivity index (χ0n) is 15.0. The Bertz CT molecular complexity index is 766. The van der Waals surface area contributed by atoms with Gasteiger partial charge in [0.2, 0.25) is 10.0 Å². The Morgan fingerprint density at radius 1 is 1.27 bits per heavy atom. The molecule has 144 valence electrons. The van der Waals surface area contributed by atoms with Gasteiger partial charge < -0.3 is 9.64 Å². The lowest BCUT2D eigenvalue weighted by atomic mass is 10.0. The summed E-state index contributed by atoms with van der Waals surface area (Å²) in [6.07, 6.45) is -1.47. The van der Waals surface area contributed by atoms with Crippen LogP contribution >= 0.6 is 11.6 Å². The smallest absolute Gasteiger partial charge is 0.411 e. The van der Waals surface area contributed by atoms with Crippen molar-refractivity contribution in [1.82, 2.24) is 9.21 Å². The van der Waals surface area contributed by atoms with Crippen LogP contribution in [0.5, 0.6) is 0 Å². The van der Waals surface area contributed by atoms with Crippen LogP contribution in [-0.4, -0.2) is 55.4 Å². The summed E-state index contributed by atoms with van der Waals surface area (Å²) in [6.45, 7) is 3.97. The second-order valence-electron chi connectivity index (χ2n) is 6.15. The third kappa shape index (κ3) is 4.36. The van der Waals surface area contributed by atoms with E-state index in [0.717, 1.165) is 4.31 Å². The van der Waals surface area contributed by atoms with E-state index in [9.17, 15) is 18.0 Å². The van der Waals surface area contributed by atoms with Gasteiger partial charge >= 0.3 is 6.09 Å². The molecule has 1 heterocycles. The normalized spacial score (nSPS) is 21.5. The summed E-state index contributed by atoms with van der Waals surface area (Å²) in [5.41, 5.74) is 0. The molecule has 0 N–H and O–H groups in total. The Kier molecular flexibility index (Phi) is 6.65. The molecule has 0 saturated carbocycles. The Morgan fingerprint density at radius 2 is 1.88 bits per heavy atom. The lowest BCUT2D eigenvalue weighted by Crippen LogP contribution is -2.54. The number of ether oxygens (including phenoxy) is 1. The first kappa shape index (κ1) is 20.7. The number of ketones is 1. The Morgan fingerprint density at radius 3 is 2.42 bits per heavy atom. The minimum absolute atomic E-state index is 0.0413. The average Bonchev–Trinajstić information content (AvgIpc) is 2.60. The summed E-state index contributed by atoms with van der Waals surface area (Å²) in [4.78, 5) is 25.6. The van der Waals surface area contributed by atoms with Gasteiger partial charge in [-0.2, -0.15) is 4.31 Å². The third-order valence-electron chi connectivity index (χ3n) is 4.39. The summed E-state index contributed by atoms with van der Waals surface area (Å²) < 4.78 is 32.9. The molecule has 0 aliphatic carbocycles. The molecule has 0 bridgehead atoms. The number of hydrogen-bond donors (Lipinski definition) is 0. The first-order valence-corrected chi connectivity index (χ1v) is 10.2. The van der Waals surface area contributed by atoms with Crippen LogP contribution in [-0.2, 0) is 19.6 Å². The minimum Gasteiger partial charge on any atom is -0.429 e. The fourth-order valence-electron chi connectivity index (χ4n) is 2.79. The summed E-state index contributed by atoms with van der Waals surface area (Å²) >= 11 is 5.84. The first-order chi connectivity index (χ1) is 12.2. The second-order valence-corrected chi connectivity index (χ2v) is 8.43. The molecule has 26 heavy (non-hydrogen) atoms. The van der Waals surface area contributed by atoms with Gasteiger partial charge in [0.25, 0.3) is 0 Å². The van der Waals surface area contributed by atoms with Crippen molar-refractivity contribution in [2.75, 3.05) is 13.6 Å². The molecule has 2 rings (SSSR count). The molecule has 7 nitrogen and oxygen atoms in total. The van der Waals surface area contributed by atoms with Gasteiger partial charge in [0, 0.05) is 31.1 Å². The average molecular weight is 403 g/mol. The first-order valence-electron chi connectivity index (χ1n) is 8.43. The van der Waals surface area contributed by atoms with Gasteiger partial charge in [0.1, 0.15) is 5.78 Å². The van der Waals surface area contributed by atoms with Crippen LogP contribution in [0.1, 0.15) is 33.1 Å². The van der Waals surface area contributed by atoms with E-state index in [0.29, 0.717) is 18.0 Å².